The molecule has 1 radical (unpaired) electrons. The Morgan fingerprint density at radius 2 is 1.80 bits per heavy atom. The number of nitro groups is 1. The van der Waals surface area contributed by atoms with Crippen molar-refractivity contribution in [3.05, 3.63) is 64.7 Å². The standard InChI is InChI=1S/C12H8NO2/c14-13(15)12-8-6-11(7-9-12)10-4-2-1-3-5-10/h1-4,6-9H. The summed E-state index contributed by atoms with van der Waals surface area (Å²) in [5.74, 6) is 0. The molecular formula is C12H8NO2. The molecular weight excluding hydrogens is 190 g/mol. The molecule has 73 valence electrons. The van der Waals surface area contributed by atoms with Crippen molar-refractivity contribution >= 4 is 5.69 Å². The van der Waals surface area contributed by atoms with E-state index in [-0.39, 0.29) is 5.69 Å². The molecule has 0 saturated carbocycles. The molecule has 0 heterocycles. The van der Waals surface area contributed by atoms with Crippen molar-refractivity contribution in [1.29, 1.82) is 0 Å². The Morgan fingerprint density at radius 3 is 2.33 bits per heavy atom. The third-order valence-electron chi connectivity index (χ3n) is 2.10. The highest BCUT2D eigenvalue weighted by Crippen LogP contribution is 2.21. The van der Waals surface area contributed by atoms with Gasteiger partial charge in [-0.25, -0.2) is 0 Å². The Bertz CT molecular complexity index is 463. The number of hydrogen-bond donors (Lipinski definition) is 0. The quantitative estimate of drug-likeness (QED) is 0.549. The molecule has 0 atom stereocenters. The molecule has 0 bridgehead atoms. The highest BCUT2D eigenvalue weighted by molar-refractivity contribution is 5.63. The topological polar surface area (TPSA) is 43.1 Å². The molecule has 0 fully saturated rings. The van der Waals surface area contributed by atoms with E-state index < -0.39 is 4.92 Å². The van der Waals surface area contributed by atoms with Crippen LogP contribution in [-0.2, 0) is 0 Å². The predicted octanol–water partition coefficient (Wildman–Crippen LogP) is 3.06. The van der Waals surface area contributed by atoms with Gasteiger partial charge in [0.25, 0.3) is 5.69 Å². The maximum atomic E-state index is 10.4. The van der Waals surface area contributed by atoms with E-state index in [1.165, 1.54) is 12.1 Å². The Balaban J connectivity index is 2.36. The minimum atomic E-state index is -0.404. The molecule has 2 aromatic rings. The van der Waals surface area contributed by atoms with Crippen molar-refractivity contribution in [3.63, 3.8) is 0 Å². The second-order valence-electron chi connectivity index (χ2n) is 3.08. The van der Waals surface area contributed by atoms with Crippen LogP contribution in [-0.4, -0.2) is 4.92 Å². The van der Waals surface area contributed by atoms with Crippen molar-refractivity contribution in [3.8, 4) is 11.1 Å². The lowest BCUT2D eigenvalue weighted by Gasteiger charge is -1.99. The molecule has 3 heteroatoms. The summed E-state index contributed by atoms with van der Waals surface area (Å²) >= 11 is 0. The van der Waals surface area contributed by atoms with Crippen LogP contribution in [0.4, 0.5) is 5.69 Å². The zero-order valence-electron chi connectivity index (χ0n) is 7.88. The zero-order chi connectivity index (χ0) is 10.7. The molecule has 0 unspecified atom stereocenters. The monoisotopic (exact) mass is 198 g/mol. The molecule has 2 rings (SSSR count). The molecule has 0 saturated heterocycles. The Labute approximate surface area is 87.1 Å². The fourth-order valence-electron chi connectivity index (χ4n) is 1.34. The van der Waals surface area contributed by atoms with E-state index in [2.05, 4.69) is 6.07 Å². The molecule has 0 aliphatic heterocycles. The molecule has 0 N–H and O–H groups in total. The number of benzene rings is 2. The van der Waals surface area contributed by atoms with Gasteiger partial charge in [-0.15, -0.1) is 0 Å². The second-order valence-corrected chi connectivity index (χ2v) is 3.08. The fraction of sp³-hybridized carbons (Fsp3) is 0. The van der Waals surface area contributed by atoms with Crippen LogP contribution in [0.15, 0.2) is 48.5 Å². The lowest BCUT2D eigenvalue weighted by atomic mass is 10.1. The van der Waals surface area contributed by atoms with Crippen molar-refractivity contribution in [1.82, 2.24) is 0 Å². The first kappa shape index (κ1) is 9.40. The maximum absolute atomic E-state index is 10.4. The number of rotatable bonds is 2. The average molecular weight is 198 g/mol. The van der Waals surface area contributed by atoms with Gasteiger partial charge in [0.05, 0.1) is 4.92 Å². The summed E-state index contributed by atoms with van der Waals surface area (Å²) < 4.78 is 0. The van der Waals surface area contributed by atoms with Crippen LogP contribution >= 0.6 is 0 Å². The van der Waals surface area contributed by atoms with Gasteiger partial charge >= 0.3 is 0 Å². The summed E-state index contributed by atoms with van der Waals surface area (Å²) in [6.45, 7) is 0. The summed E-state index contributed by atoms with van der Waals surface area (Å²) in [6.07, 6.45) is 0. The van der Waals surface area contributed by atoms with Gasteiger partial charge in [-0.3, -0.25) is 10.1 Å². The number of hydrogen-bond acceptors (Lipinski definition) is 2. The number of non-ortho nitro benzene ring substituents is 1. The van der Waals surface area contributed by atoms with Gasteiger partial charge in [-0.05, 0) is 29.3 Å². The molecule has 15 heavy (non-hydrogen) atoms. The zero-order valence-corrected chi connectivity index (χ0v) is 7.88. The minimum absolute atomic E-state index is 0.106. The van der Waals surface area contributed by atoms with Crippen molar-refractivity contribution in [2.24, 2.45) is 0 Å². The van der Waals surface area contributed by atoms with Gasteiger partial charge in [0.15, 0.2) is 0 Å². The van der Waals surface area contributed by atoms with Crippen LogP contribution in [0.1, 0.15) is 0 Å². The molecule has 3 nitrogen and oxygen atoms in total. The summed E-state index contributed by atoms with van der Waals surface area (Å²) in [4.78, 5) is 10.0. The summed E-state index contributed by atoms with van der Waals surface area (Å²) in [6, 6.07) is 17.0. The van der Waals surface area contributed by atoms with Crippen LogP contribution in [0.2, 0.25) is 0 Å². The van der Waals surface area contributed by atoms with Gasteiger partial charge in [0, 0.05) is 12.1 Å². The lowest BCUT2D eigenvalue weighted by molar-refractivity contribution is -0.384. The van der Waals surface area contributed by atoms with Gasteiger partial charge in [0.1, 0.15) is 0 Å². The van der Waals surface area contributed by atoms with Crippen molar-refractivity contribution < 1.29 is 4.92 Å². The van der Waals surface area contributed by atoms with Gasteiger partial charge < -0.3 is 0 Å². The Kier molecular flexibility index (Phi) is 2.46. The molecule has 0 amide bonds. The van der Waals surface area contributed by atoms with E-state index in [0.29, 0.717) is 0 Å². The second kappa shape index (κ2) is 3.92. The van der Waals surface area contributed by atoms with E-state index in [4.69, 9.17) is 0 Å². The third kappa shape index (κ3) is 2.02. The highest BCUT2D eigenvalue weighted by Gasteiger charge is 2.04. The van der Waals surface area contributed by atoms with Crippen LogP contribution < -0.4 is 0 Å². The average Bonchev–Trinajstić information content (AvgIpc) is 2.30. The summed E-state index contributed by atoms with van der Waals surface area (Å²) in [5, 5.41) is 10.4. The maximum Gasteiger partial charge on any atom is 0.269 e. The van der Waals surface area contributed by atoms with Crippen molar-refractivity contribution in [2.45, 2.75) is 0 Å². The van der Waals surface area contributed by atoms with E-state index in [9.17, 15) is 10.1 Å². The van der Waals surface area contributed by atoms with Crippen LogP contribution in [0.5, 0.6) is 0 Å². The normalized spacial score (nSPS) is 9.87. The van der Waals surface area contributed by atoms with Crippen LogP contribution in [0.3, 0.4) is 0 Å². The molecule has 0 aliphatic carbocycles. The number of nitro benzene ring substituents is 1. The fourth-order valence-corrected chi connectivity index (χ4v) is 1.34. The molecule has 0 aliphatic rings. The van der Waals surface area contributed by atoms with Gasteiger partial charge in [-0.2, -0.15) is 0 Å². The van der Waals surface area contributed by atoms with E-state index >= 15 is 0 Å². The SMILES string of the molecule is O=[N+]([O-])c1ccc(-c2[c]cccc2)cc1. The van der Waals surface area contributed by atoms with Crippen LogP contribution in [0.25, 0.3) is 11.1 Å². The first-order valence-electron chi connectivity index (χ1n) is 4.49. The van der Waals surface area contributed by atoms with Gasteiger partial charge in [-0.1, -0.05) is 24.3 Å². The smallest absolute Gasteiger partial charge is 0.258 e. The number of nitrogens with zero attached hydrogens (tertiary/aromatic N) is 1. The van der Waals surface area contributed by atoms with E-state index in [0.717, 1.165) is 11.1 Å². The first-order valence-corrected chi connectivity index (χ1v) is 4.49. The summed E-state index contributed by atoms with van der Waals surface area (Å²) in [7, 11) is 0. The lowest BCUT2D eigenvalue weighted by Crippen LogP contribution is -1.86. The van der Waals surface area contributed by atoms with Crippen molar-refractivity contribution in [2.75, 3.05) is 0 Å². The third-order valence-corrected chi connectivity index (χ3v) is 2.10. The molecule has 0 aromatic heterocycles. The molecule has 0 spiro atoms. The minimum Gasteiger partial charge on any atom is -0.258 e. The first-order chi connectivity index (χ1) is 7.27. The van der Waals surface area contributed by atoms with E-state index in [1.54, 1.807) is 12.1 Å². The van der Waals surface area contributed by atoms with E-state index in [1.807, 2.05) is 24.3 Å². The Morgan fingerprint density at radius 1 is 1.07 bits per heavy atom. The van der Waals surface area contributed by atoms with Crippen LogP contribution in [0, 0.1) is 16.2 Å². The Hall–Kier alpha value is -2.16. The predicted molar refractivity (Wildman–Crippen MR) is 57.4 cm³/mol. The molecule has 2 aromatic carbocycles. The highest BCUT2D eigenvalue weighted by atomic mass is 16.6. The largest absolute Gasteiger partial charge is 0.269 e. The van der Waals surface area contributed by atoms with Gasteiger partial charge in [0.2, 0.25) is 0 Å². The summed E-state index contributed by atoms with van der Waals surface area (Å²) in [5.41, 5.74) is 1.98.